The van der Waals surface area contributed by atoms with Crippen LogP contribution >= 0.6 is 23.4 Å². The highest BCUT2D eigenvalue weighted by molar-refractivity contribution is 7.99. The third-order valence-corrected chi connectivity index (χ3v) is 3.85. The fourth-order valence-corrected chi connectivity index (χ4v) is 2.49. The minimum Gasteiger partial charge on any atom is -0.0883 e. The lowest BCUT2D eigenvalue weighted by molar-refractivity contribution is 1.29. The van der Waals surface area contributed by atoms with E-state index in [9.17, 15) is 0 Å². The molecule has 2 rings (SSSR count). The molecule has 0 bridgehead atoms. The predicted octanol–water partition coefficient (Wildman–Crippen LogP) is 4.80. The van der Waals surface area contributed by atoms with Crippen LogP contribution in [0.2, 0.25) is 5.02 Å². The van der Waals surface area contributed by atoms with Gasteiger partial charge in [-0.2, -0.15) is 0 Å². The first-order valence-electron chi connectivity index (χ1n) is 4.75. The fourth-order valence-electron chi connectivity index (χ4n) is 1.32. The Hall–Kier alpha value is -0.920. The summed E-state index contributed by atoms with van der Waals surface area (Å²) in [7, 11) is 0. The summed E-state index contributed by atoms with van der Waals surface area (Å²) in [6.07, 6.45) is 0. The molecule has 2 aromatic carbocycles. The van der Waals surface area contributed by atoms with E-state index in [1.165, 1.54) is 10.5 Å². The zero-order valence-electron chi connectivity index (χ0n) is 8.41. The molecular weight excluding hydrogens is 224 g/mol. The van der Waals surface area contributed by atoms with Crippen molar-refractivity contribution >= 4 is 23.4 Å². The minimum absolute atomic E-state index is 0.811. The third kappa shape index (κ3) is 2.55. The van der Waals surface area contributed by atoms with Crippen molar-refractivity contribution in [2.24, 2.45) is 0 Å². The Morgan fingerprint density at radius 3 is 2.13 bits per heavy atom. The molecule has 0 aromatic heterocycles. The number of rotatable bonds is 2. The maximum absolute atomic E-state index is 6.11. The average Bonchev–Trinajstić information content (AvgIpc) is 2.24. The Morgan fingerprint density at radius 2 is 1.47 bits per heavy atom. The number of aryl methyl sites for hydroxylation is 1. The molecule has 0 fully saturated rings. The smallest absolute Gasteiger partial charge is 0.0545 e. The molecule has 0 heterocycles. The minimum atomic E-state index is 0.811. The van der Waals surface area contributed by atoms with Crippen LogP contribution in [0.25, 0.3) is 0 Å². The molecule has 15 heavy (non-hydrogen) atoms. The van der Waals surface area contributed by atoms with E-state index in [2.05, 4.69) is 19.1 Å². The normalized spacial score (nSPS) is 10.3. The van der Waals surface area contributed by atoms with Gasteiger partial charge in [-0.1, -0.05) is 53.7 Å². The lowest BCUT2D eigenvalue weighted by atomic mass is 10.2. The molecule has 0 saturated heterocycles. The van der Waals surface area contributed by atoms with Crippen molar-refractivity contribution in [2.45, 2.75) is 16.7 Å². The van der Waals surface area contributed by atoms with E-state index in [1.807, 2.05) is 36.4 Å². The summed E-state index contributed by atoms with van der Waals surface area (Å²) in [5, 5.41) is 0.811. The second kappa shape index (κ2) is 4.73. The van der Waals surface area contributed by atoms with E-state index < -0.39 is 0 Å². The molecule has 0 nitrogen and oxygen atoms in total. The van der Waals surface area contributed by atoms with Crippen LogP contribution in [-0.4, -0.2) is 0 Å². The molecule has 0 aliphatic rings. The molecule has 0 N–H and O–H groups in total. The Balaban J connectivity index is 2.30. The van der Waals surface area contributed by atoms with Crippen LogP contribution in [-0.2, 0) is 0 Å². The van der Waals surface area contributed by atoms with E-state index in [0.29, 0.717) is 0 Å². The van der Waals surface area contributed by atoms with Crippen LogP contribution in [0.15, 0.2) is 58.3 Å². The highest BCUT2D eigenvalue weighted by Gasteiger charge is 2.03. The largest absolute Gasteiger partial charge is 0.0883 e. The van der Waals surface area contributed by atoms with E-state index in [1.54, 1.807) is 11.8 Å². The van der Waals surface area contributed by atoms with Gasteiger partial charge >= 0.3 is 0 Å². The van der Waals surface area contributed by atoms with Gasteiger partial charge in [0.25, 0.3) is 0 Å². The summed E-state index contributed by atoms with van der Waals surface area (Å²) in [5.41, 5.74) is 1.28. The Labute approximate surface area is 99.3 Å². The molecule has 0 amide bonds. The quantitative estimate of drug-likeness (QED) is 0.719. The van der Waals surface area contributed by atoms with Crippen LogP contribution in [0.4, 0.5) is 0 Å². The molecule has 2 aromatic rings. The molecule has 0 radical (unpaired) electrons. The molecule has 0 aliphatic carbocycles. The van der Waals surface area contributed by atoms with Gasteiger partial charge in [-0.05, 0) is 30.7 Å². The fraction of sp³-hybridized carbons (Fsp3) is 0.0769. The Bertz CT molecular complexity index is 422. The second-order valence-corrected chi connectivity index (χ2v) is 4.79. The Kier molecular flexibility index (Phi) is 3.34. The van der Waals surface area contributed by atoms with Gasteiger partial charge in [-0.3, -0.25) is 0 Å². The van der Waals surface area contributed by atoms with Gasteiger partial charge in [0.1, 0.15) is 0 Å². The van der Waals surface area contributed by atoms with Crippen LogP contribution < -0.4 is 0 Å². The van der Waals surface area contributed by atoms with Crippen molar-refractivity contribution < 1.29 is 0 Å². The molecule has 0 unspecified atom stereocenters. The number of halogens is 1. The first-order chi connectivity index (χ1) is 7.27. The van der Waals surface area contributed by atoms with Crippen molar-refractivity contribution in [1.29, 1.82) is 0 Å². The number of benzene rings is 2. The Morgan fingerprint density at radius 1 is 0.867 bits per heavy atom. The van der Waals surface area contributed by atoms with Gasteiger partial charge in [-0.15, -0.1) is 0 Å². The first kappa shape index (κ1) is 10.6. The van der Waals surface area contributed by atoms with Gasteiger partial charge in [-0.25, -0.2) is 0 Å². The summed E-state index contributed by atoms with van der Waals surface area (Å²) < 4.78 is 0. The van der Waals surface area contributed by atoms with E-state index in [4.69, 9.17) is 11.6 Å². The number of hydrogen-bond donors (Lipinski definition) is 0. The monoisotopic (exact) mass is 234 g/mol. The van der Waals surface area contributed by atoms with Gasteiger partial charge in [0.05, 0.1) is 5.02 Å². The van der Waals surface area contributed by atoms with Gasteiger partial charge in [0.2, 0.25) is 0 Å². The van der Waals surface area contributed by atoms with Gasteiger partial charge < -0.3 is 0 Å². The number of hydrogen-bond acceptors (Lipinski definition) is 1. The molecule has 0 aliphatic heterocycles. The maximum atomic E-state index is 6.11. The average molecular weight is 235 g/mol. The maximum Gasteiger partial charge on any atom is 0.0545 e. The molecule has 76 valence electrons. The molecular formula is C13H11ClS. The van der Waals surface area contributed by atoms with Crippen molar-refractivity contribution in [3.63, 3.8) is 0 Å². The predicted molar refractivity (Wildman–Crippen MR) is 66.8 cm³/mol. The van der Waals surface area contributed by atoms with Crippen molar-refractivity contribution in [3.05, 3.63) is 59.1 Å². The summed E-state index contributed by atoms with van der Waals surface area (Å²) in [6, 6.07) is 16.2. The van der Waals surface area contributed by atoms with Crippen molar-refractivity contribution in [3.8, 4) is 0 Å². The highest BCUT2D eigenvalue weighted by Crippen LogP contribution is 2.34. The summed E-state index contributed by atoms with van der Waals surface area (Å²) in [5.74, 6) is 0. The van der Waals surface area contributed by atoms with Crippen LogP contribution in [0, 0.1) is 6.92 Å². The molecule has 0 saturated carbocycles. The van der Waals surface area contributed by atoms with Crippen LogP contribution in [0.1, 0.15) is 5.56 Å². The van der Waals surface area contributed by atoms with Gasteiger partial charge in [0, 0.05) is 9.79 Å². The second-order valence-electron chi connectivity index (χ2n) is 3.30. The SMILES string of the molecule is Cc1ccccc1Sc1ccccc1Cl. The molecule has 0 atom stereocenters. The zero-order valence-corrected chi connectivity index (χ0v) is 9.98. The summed E-state index contributed by atoms with van der Waals surface area (Å²) >= 11 is 7.81. The van der Waals surface area contributed by atoms with E-state index in [0.717, 1.165) is 9.92 Å². The van der Waals surface area contributed by atoms with Crippen molar-refractivity contribution in [1.82, 2.24) is 0 Å². The third-order valence-electron chi connectivity index (χ3n) is 2.15. The lowest BCUT2D eigenvalue weighted by Crippen LogP contribution is -1.79. The summed E-state index contributed by atoms with van der Waals surface area (Å²) in [6.45, 7) is 2.11. The van der Waals surface area contributed by atoms with Crippen LogP contribution in [0.5, 0.6) is 0 Å². The molecule has 2 heteroatoms. The lowest BCUT2D eigenvalue weighted by Gasteiger charge is -2.06. The topological polar surface area (TPSA) is 0 Å². The zero-order chi connectivity index (χ0) is 10.7. The molecule has 0 spiro atoms. The standard InChI is InChI=1S/C13H11ClS/c1-10-6-2-4-8-12(10)15-13-9-5-3-7-11(13)14/h2-9H,1H3. The first-order valence-corrected chi connectivity index (χ1v) is 5.95. The van der Waals surface area contributed by atoms with Crippen molar-refractivity contribution in [2.75, 3.05) is 0 Å². The highest BCUT2D eigenvalue weighted by atomic mass is 35.5. The summed E-state index contributed by atoms with van der Waals surface area (Å²) in [4.78, 5) is 2.36. The van der Waals surface area contributed by atoms with E-state index in [-0.39, 0.29) is 0 Å². The van der Waals surface area contributed by atoms with E-state index >= 15 is 0 Å². The van der Waals surface area contributed by atoms with Gasteiger partial charge in [0.15, 0.2) is 0 Å². The van der Waals surface area contributed by atoms with Crippen LogP contribution in [0.3, 0.4) is 0 Å².